The van der Waals surface area contributed by atoms with E-state index < -0.39 is 11.4 Å². The highest BCUT2D eigenvalue weighted by molar-refractivity contribution is 6.30. The summed E-state index contributed by atoms with van der Waals surface area (Å²) in [6.45, 7) is 0.839. The van der Waals surface area contributed by atoms with Crippen molar-refractivity contribution in [1.29, 1.82) is 0 Å². The van der Waals surface area contributed by atoms with Gasteiger partial charge in [-0.1, -0.05) is 41.9 Å². The predicted octanol–water partition coefficient (Wildman–Crippen LogP) is 3.60. The largest absolute Gasteiger partial charge is 0.481 e. The summed E-state index contributed by atoms with van der Waals surface area (Å²) in [7, 11) is 0. The lowest BCUT2D eigenvalue weighted by Crippen LogP contribution is -2.49. The molecule has 0 spiro atoms. The summed E-state index contributed by atoms with van der Waals surface area (Å²) in [5.74, 6) is -0.911. The first-order chi connectivity index (χ1) is 11.5. The molecule has 1 fully saturated rings. The van der Waals surface area contributed by atoms with E-state index in [0.717, 1.165) is 5.56 Å². The number of likely N-dealkylation sites (tertiary alicyclic amines) is 1. The van der Waals surface area contributed by atoms with Gasteiger partial charge in [0.2, 0.25) is 0 Å². The first-order valence-electron chi connectivity index (χ1n) is 7.87. The molecule has 1 amide bonds. The van der Waals surface area contributed by atoms with E-state index in [0.29, 0.717) is 36.5 Å². The Labute approximate surface area is 145 Å². The van der Waals surface area contributed by atoms with Crippen LogP contribution in [-0.4, -0.2) is 35.0 Å². The Morgan fingerprint density at radius 3 is 2.08 bits per heavy atom. The zero-order valence-electron chi connectivity index (χ0n) is 13.1. The minimum absolute atomic E-state index is 0.0845. The molecule has 124 valence electrons. The number of nitrogens with zero attached hydrogens (tertiary/aromatic N) is 1. The van der Waals surface area contributed by atoms with Gasteiger partial charge in [-0.25, -0.2) is 0 Å². The van der Waals surface area contributed by atoms with Gasteiger partial charge in [0.25, 0.3) is 5.91 Å². The quantitative estimate of drug-likeness (QED) is 0.926. The molecular weight excluding hydrogens is 326 g/mol. The van der Waals surface area contributed by atoms with Crippen LogP contribution in [0.1, 0.15) is 28.8 Å². The van der Waals surface area contributed by atoms with Crippen molar-refractivity contribution in [3.63, 3.8) is 0 Å². The smallest absolute Gasteiger partial charge is 0.314 e. The van der Waals surface area contributed by atoms with Gasteiger partial charge in [-0.15, -0.1) is 0 Å². The van der Waals surface area contributed by atoms with Crippen LogP contribution in [0.4, 0.5) is 0 Å². The lowest BCUT2D eigenvalue weighted by Gasteiger charge is -2.39. The molecule has 1 saturated heterocycles. The molecule has 0 radical (unpaired) electrons. The highest BCUT2D eigenvalue weighted by Crippen LogP contribution is 2.36. The van der Waals surface area contributed by atoms with Crippen molar-refractivity contribution in [3.05, 3.63) is 70.7 Å². The molecule has 24 heavy (non-hydrogen) atoms. The van der Waals surface area contributed by atoms with Crippen molar-refractivity contribution < 1.29 is 14.7 Å². The molecule has 1 heterocycles. The second-order valence-corrected chi connectivity index (χ2v) is 6.49. The summed E-state index contributed by atoms with van der Waals surface area (Å²) in [6.07, 6.45) is 0.817. The number of hydrogen-bond acceptors (Lipinski definition) is 2. The van der Waals surface area contributed by atoms with Crippen molar-refractivity contribution in [2.45, 2.75) is 18.3 Å². The fourth-order valence-electron chi connectivity index (χ4n) is 3.25. The number of piperidine rings is 1. The molecule has 0 saturated carbocycles. The van der Waals surface area contributed by atoms with E-state index in [4.69, 9.17) is 11.6 Å². The van der Waals surface area contributed by atoms with Crippen LogP contribution in [0.2, 0.25) is 5.02 Å². The zero-order valence-corrected chi connectivity index (χ0v) is 13.9. The van der Waals surface area contributed by atoms with Crippen LogP contribution in [0.5, 0.6) is 0 Å². The molecular formula is C19H18ClNO3. The van der Waals surface area contributed by atoms with Gasteiger partial charge < -0.3 is 10.0 Å². The summed E-state index contributed by atoms with van der Waals surface area (Å²) in [5.41, 5.74) is 0.455. The summed E-state index contributed by atoms with van der Waals surface area (Å²) in [5, 5.41) is 10.4. The molecule has 1 aliphatic heterocycles. The number of carboxylic acids is 1. The summed E-state index contributed by atoms with van der Waals surface area (Å²) < 4.78 is 0. The van der Waals surface area contributed by atoms with E-state index in [-0.39, 0.29) is 5.91 Å². The first kappa shape index (κ1) is 16.5. The van der Waals surface area contributed by atoms with Gasteiger partial charge in [-0.05, 0) is 42.7 Å². The Balaban J connectivity index is 1.77. The molecule has 0 aliphatic carbocycles. The molecule has 1 aliphatic rings. The second kappa shape index (κ2) is 6.65. The van der Waals surface area contributed by atoms with Crippen molar-refractivity contribution in [2.24, 2.45) is 0 Å². The van der Waals surface area contributed by atoms with E-state index in [2.05, 4.69) is 0 Å². The zero-order chi connectivity index (χ0) is 17.2. The first-order valence-corrected chi connectivity index (χ1v) is 8.24. The molecule has 1 N–H and O–H groups in total. The molecule has 0 bridgehead atoms. The summed E-state index contributed by atoms with van der Waals surface area (Å²) >= 11 is 5.85. The molecule has 2 aromatic carbocycles. The van der Waals surface area contributed by atoms with Crippen LogP contribution >= 0.6 is 11.6 Å². The number of amides is 1. The number of carboxylic acid groups (broad SMARTS) is 1. The van der Waals surface area contributed by atoms with Gasteiger partial charge in [-0.3, -0.25) is 9.59 Å². The van der Waals surface area contributed by atoms with E-state index in [1.807, 2.05) is 30.3 Å². The van der Waals surface area contributed by atoms with Crippen molar-refractivity contribution in [1.82, 2.24) is 4.90 Å². The van der Waals surface area contributed by atoms with E-state index in [1.54, 1.807) is 29.2 Å². The Morgan fingerprint density at radius 1 is 0.958 bits per heavy atom. The predicted molar refractivity (Wildman–Crippen MR) is 92.3 cm³/mol. The molecule has 0 atom stereocenters. The van der Waals surface area contributed by atoms with Crippen molar-refractivity contribution in [3.8, 4) is 0 Å². The van der Waals surface area contributed by atoms with Gasteiger partial charge in [0.1, 0.15) is 0 Å². The van der Waals surface area contributed by atoms with Crippen LogP contribution in [0, 0.1) is 0 Å². The van der Waals surface area contributed by atoms with Crippen LogP contribution < -0.4 is 0 Å². The number of benzene rings is 2. The third-order valence-electron chi connectivity index (χ3n) is 4.73. The average molecular weight is 344 g/mol. The van der Waals surface area contributed by atoms with Crippen molar-refractivity contribution >= 4 is 23.5 Å². The average Bonchev–Trinajstić information content (AvgIpc) is 2.62. The highest BCUT2D eigenvalue weighted by Gasteiger charge is 2.43. The van der Waals surface area contributed by atoms with E-state index in [9.17, 15) is 14.7 Å². The number of hydrogen-bond donors (Lipinski definition) is 1. The van der Waals surface area contributed by atoms with Gasteiger partial charge in [0, 0.05) is 23.7 Å². The lowest BCUT2D eigenvalue weighted by molar-refractivity contribution is -0.145. The highest BCUT2D eigenvalue weighted by atomic mass is 35.5. The number of rotatable bonds is 3. The van der Waals surface area contributed by atoms with Gasteiger partial charge >= 0.3 is 5.97 Å². The van der Waals surface area contributed by atoms with Gasteiger partial charge in [0.15, 0.2) is 0 Å². The Bertz CT molecular complexity index is 735. The fourth-order valence-corrected chi connectivity index (χ4v) is 3.38. The minimum atomic E-state index is -0.919. The number of carbonyl (C=O) groups excluding carboxylic acids is 1. The lowest BCUT2D eigenvalue weighted by atomic mass is 9.73. The van der Waals surface area contributed by atoms with Crippen LogP contribution in [-0.2, 0) is 10.2 Å². The second-order valence-electron chi connectivity index (χ2n) is 6.05. The number of carbonyl (C=O) groups is 2. The van der Waals surface area contributed by atoms with Crippen LogP contribution in [0.15, 0.2) is 54.6 Å². The maximum Gasteiger partial charge on any atom is 0.314 e. The maximum absolute atomic E-state index is 12.6. The standard InChI is InChI=1S/C19H18ClNO3/c20-16-8-6-14(7-9-16)17(22)21-12-10-19(11-13-21,18(23)24)15-4-2-1-3-5-15/h1-9H,10-13H2,(H,23,24). The molecule has 2 aromatic rings. The van der Waals surface area contributed by atoms with Gasteiger partial charge in [-0.2, -0.15) is 0 Å². The third kappa shape index (κ3) is 3.02. The Kier molecular flexibility index (Phi) is 4.58. The Hall–Kier alpha value is -2.33. The third-order valence-corrected chi connectivity index (χ3v) is 4.98. The van der Waals surface area contributed by atoms with Gasteiger partial charge in [0.05, 0.1) is 5.41 Å². The fraction of sp³-hybridized carbons (Fsp3) is 0.263. The molecule has 0 unspecified atom stereocenters. The molecule has 3 rings (SSSR count). The SMILES string of the molecule is O=C(c1ccc(Cl)cc1)N1CCC(C(=O)O)(c2ccccc2)CC1. The normalized spacial score (nSPS) is 16.6. The van der Waals surface area contributed by atoms with Crippen LogP contribution in [0.25, 0.3) is 0 Å². The van der Waals surface area contributed by atoms with Crippen molar-refractivity contribution in [2.75, 3.05) is 13.1 Å². The number of aliphatic carboxylic acids is 1. The minimum Gasteiger partial charge on any atom is -0.481 e. The topological polar surface area (TPSA) is 57.6 Å². The molecule has 0 aromatic heterocycles. The molecule has 5 heteroatoms. The molecule has 4 nitrogen and oxygen atoms in total. The van der Waals surface area contributed by atoms with E-state index >= 15 is 0 Å². The summed E-state index contributed by atoms with van der Waals surface area (Å²) in [4.78, 5) is 26.2. The Morgan fingerprint density at radius 2 is 1.54 bits per heavy atom. The van der Waals surface area contributed by atoms with Crippen LogP contribution in [0.3, 0.4) is 0 Å². The maximum atomic E-state index is 12.6. The summed E-state index contributed by atoms with van der Waals surface area (Å²) in [6, 6.07) is 16.0. The monoisotopic (exact) mass is 343 g/mol. The van der Waals surface area contributed by atoms with E-state index in [1.165, 1.54) is 0 Å². The number of halogens is 1.